The predicted octanol–water partition coefficient (Wildman–Crippen LogP) is 2.80. The van der Waals surface area contributed by atoms with Crippen LogP contribution in [0.1, 0.15) is 58.3 Å². The Bertz CT molecular complexity index is 266. The van der Waals surface area contributed by atoms with Gasteiger partial charge in [0.1, 0.15) is 0 Å². The molecule has 19 heavy (non-hydrogen) atoms. The lowest BCUT2D eigenvalue weighted by molar-refractivity contribution is -0.133. The van der Waals surface area contributed by atoms with Crippen LogP contribution >= 0.6 is 0 Å². The Hall–Kier alpha value is -0.570. The third kappa shape index (κ3) is 4.79. The summed E-state index contributed by atoms with van der Waals surface area (Å²) in [5.74, 6) is 2.01. The van der Waals surface area contributed by atoms with Crippen molar-refractivity contribution in [3.63, 3.8) is 0 Å². The van der Waals surface area contributed by atoms with Crippen LogP contribution < -0.4 is 5.32 Å². The minimum absolute atomic E-state index is 0.403. The highest BCUT2D eigenvalue weighted by Gasteiger charge is 2.23. The first-order chi connectivity index (χ1) is 9.29. The van der Waals surface area contributed by atoms with Crippen molar-refractivity contribution in [1.82, 2.24) is 10.2 Å². The van der Waals surface area contributed by atoms with Crippen molar-refractivity contribution in [2.75, 3.05) is 26.2 Å². The van der Waals surface area contributed by atoms with Gasteiger partial charge >= 0.3 is 0 Å². The summed E-state index contributed by atoms with van der Waals surface area (Å²) in [7, 11) is 0. The summed E-state index contributed by atoms with van der Waals surface area (Å²) in [5.41, 5.74) is 0. The van der Waals surface area contributed by atoms with Gasteiger partial charge in [-0.3, -0.25) is 4.79 Å². The van der Waals surface area contributed by atoms with E-state index >= 15 is 0 Å². The van der Waals surface area contributed by atoms with Gasteiger partial charge in [-0.2, -0.15) is 0 Å². The maximum Gasteiger partial charge on any atom is 0.222 e. The number of nitrogens with zero attached hydrogens (tertiary/aromatic N) is 1. The lowest BCUT2D eigenvalue weighted by atomic mass is 9.91. The van der Waals surface area contributed by atoms with Gasteiger partial charge in [0.25, 0.3) is 0 Å². The Morgan fingerprint density at radius 1 is 1.16 bits per heavy atom. The van der Waals surface area contributed by atoms with Gasteiger partial charge in [-0.25, -0.2) is 0 Å². The predicted molar refractivity (Wildman–Crippen MR) is 79.0 cm³/mol. The SMILES string of the molecule is CCCC1CCN(C(=O)CCC2CCCNC2)CC1. The summed E-state index contributed by atoms with van der Waals surface area (Å²) in [6.45, 7) is 6.55. The fourth-order valence-corrected chi connectivity index (χ4v) is 3.54. The first-order valence-electron chi connectivity index (χ1n) is 8.28. The number of rotatable bonds is 5. The van der Waals surface area contributed by atoms with Gasteiger partial charge in [-0.1, -0.05) is 19.8 Å². The average molecular weight is 266 g/mol. The van der Waals surface area contributed by atoms with Crippen LogP contribution in [-0.2, 0) is 4.79 Å². The van der Waals surface area contributed by atoms with Crippen LogP contribution in [0.3, 0.4) is 0 Å². The van der Waals surface area contributed by atoms with Crippen LogP contribution in [0.5, 0.6) is 0 Å². The topological polar surface area (TPSA) is 32.3 Å². The summed E-state index contributed by atoms with van der Waals surface area (Å²) in [5, 5.41) is 3.43. The molecule has 0 aliphatic carbocycles. The van der Waals surface area contributed by atoms with E-state index in [0.717, 1.165) is 50.9 Å². The molecule has 0 bridgehead atoms. The average Bonchev–Trinajstić information content (AvgIpc) is 2.47. The number of hydrogen-bond acceptors (Lipinski definition) is 2. The molecular formula is C16H30N2O. The Morgan fingerprint density at radius 3 is 2.58 bits per heavy atom. The molecule has 2 heterocycles. The molecule has 0 aromatic rings. The summed E-state index contributed by atoms with van der Waals surface area (Å²) < 4.78 is 0. The van der Waals surface area contributed by atoms with Gasteiger partial charge in [0, 0.05) is 19.5 Å². The molecule has 0 radical (unpaired) electrons. The van der Waals surface area contributed by atoms with E-state index in [0.29, 0.717) is 5.91 Å². The van der Waals surface area contributed by atoms with Crippen molar-refractivity contribution in [2.45, 2.75) is 58.3 Å². The number of nitrogens with one attached hydrogen (secondary N) is 1. The van der Waals surface area contributed by atoms with Crippen molar-refractivity contribution < 1.29 is 4.79 Å². The Balaban J connectivity index is 1.63. The molecule has 1 atom stereocenters. The summed E-state index contributed by atoms with van der Waals surface area (Å²) >= 11 is 0. The van der Waals surface area contributed by atoms with Crippen LogP contribution in [0.4, 0.5) is 0 Å². The van der Waals surface area contributed by atoms with Crippen molar-refractivity contribution in [3.8, 4) is 0 Å². The summed E-state index contributed by atoms with van der Waals surface area (Å²) in [6.07, 6.45) is 9.52. The molecule has 3 nitrogen and oxygen atoms in total. The van der Waals surface area contributed by atoms with Gasteiger partial charge in [-0.15, -0.1) is 0 Å². The van der Waals surface area contributed by atoms with Crippen molar-refractivity contribution in [3.05, 3.63) is 0 Å². The minimum Gasteiger partial charge on any atom is -0.343 e. The molecule has 1 amide bonds. The molecule has 2 aliphatic rings. The summed E-state index contributed by atoms with van der Waals surface area (Å²) in [6, 6.07) is 0. The smallest absolute Gasteiger partial charge is 0.222 e. The van der Waals surface area contributed by atoms with Crippen molar-refractivity contribution in [2.24, 2.45) is 11.8 Å². The third-order valence-corrected chi connectivity index (χ3v) is 4.83. The molecule has 2 rings (SSSR count). The normalized spacial score (nSPS) is 25.5. The fraction of sp³-hybridized carbons (Fsp3) is 0.938. The second-order valence-corrected chi connectivity index (χ2v) is 6.36. The molecule has 0 saturated carbocycles. The second-order valence-electron chi connectivity index (χ2n) is 6.36. The van der Waals surface area contributed by atoms with Crippen LogP contribution in [-0.4, -0.2) is 37.0 Å². The molecule has 110 valence electrons. The maximum absolute atomic E-state index is 12.2. The van der Waals surface area contributed by atoms with E-state index in [2.05, 4.69) is 17.1 Å². The Morgan fingerprint density at radius 2 is 1.95 bits per heavy atom. The minimum atomic E-state index is 0.403. The van der Waals surface area contributed by atoms with E-state index in [1.54, 1.807) is 0 Å². The first-order valence-corrected chi connectivity index (χ1v) is 8.28. The highest BCUT2D eigenvalue weighted by molar-refractivity contribution is 5.76. The monoisotopic (exact) mass is 266 g/mol. The first kappa shape index (κ1) is 14.8. The third-order valence-electron chi connectivity index (χ3n) is 4.83. The molecule has 2 fully saturated rings. The standard InChI is InChI=1S/C16H30N2O/c1-2-4-14-8-11-18(12-9-14)16(19)7-6-15-5-3-10-17-13-15/h14-15,17H,2-13H2,1H3. The number of piperidine rings is 2. The van der Waals surface area contributed by atoms with Crippen LogP contribution in [0.2, 0.25) is 0 Å². The number of hydrogen-bond donors (Lipinski definition) is 1. The Kier molecular flexibility index (Phi) is 6.15. The molecule has 1 N–H and O–H groups in total. The molecule has 0 spiro atoms. The van der Waals surface area contributed by atoms with E-state index in [9.17, 15) is 4.79 Å². The zero-order chi connectivity index (χ0) is 13.5. The van der Waals surface area contributed by atoms with Crippen LogP contribution in [0, 0.1) is 11.8 Å². The molecule has 0 aromatic carbocycles. The van der Waals surface area contributed by atoms with Crippen LogP contribution in [0.25, 0.3) is 0 Å². The van der Waals surface area contributed by atoms with E-state index in [-0.39, 0.29) is 0 Å². The van der Waals surface area contributed by atoms with E-state index in [4.69, 9.17) is 0 Å². The quantitative estimate of drug-likeness (QED) is 0.830. The summed E-state index contributed by atoms with van der Waals surface area (Å²) in [4.78, 5) is 14.3. The number of amides is 1. The second kappa shape index (κ2) is 7.88. The number of carbonyl (C=O) groups excluding carboxylic acids is 1. The van der Waals surface area contributed by atoms with E-state index in [1.807, 2.05) is 0 Å². The zero-order valence-electron chi connectivity index (χ0n) is 12.5. The molecule has 2 aliphatic heterocycles. The van der Waals surface area contributed by atoms with Gasteiger partial charge in [-0.05, 0) is 57.0 Å². The lowest BCUT2D eigenvalue weighted by Gasteiger charge is -2.32. The van der Waals surface area contributed by atoms with Gasteiger partial charge in [0.15, 0.2) is 0 Å². The molecule has 3 heteroatoms. The Labute approximate surface area is 118 Å². The largest absolute Gasteiger partial charge is 0.343 e. The lowest BCUT2D eigenvalue weighted by Crippen LogP contribution is -2.39. The fourth-order valence-electron chi connectivity index (χ4n) is 3.54. The van der Waals surface area contributed by atoms with Crippen LogP contribution in [0.15, 0.2) is 0 Å². The van der Waals surface area contributed by atoms with Crippen molar-refractivity contribution >= 4 is 5.91 Å². The molecule has 1 unspecified atom stereocenters. The van der Waals surface area contributed by atoms with E-state index in [1.165, 1.54) is 38.5 Å². The number of carbonyl (C=O) groups is 1. The highest BCUT2D eigenvalue weighted by Crippen LogP contribution is 2.23. The molecular weight excluding hydrogens is 236 g/mol. The highest BCUT2D eigenvalue weighted by atomic mass is 16.2. The molecule has 0 aromatic heterocycles. The number of likely N-dealkylation sites (tertiary alicyclic amines) is 1. The van der Waals surface area contributed by atoms with Crippen molar-refractivity contribution in [1.29, 1.82) is 0 Å². The van der Waals surface area contributed by atoms with Gasteiger partial charge in [0.05, 0.1) is 0 Å². The zero-order valence-corrected chi connectivity index (χ0v) is 12.5. The molecule has 2 saturated heterocycles. The van der Waals surface area contributed by atoms with Gasteiger partial charge < -0.3 is 10.2 Å². The van der Waals surface area contributed by atoms with E-state index < -0.39 is 0 Å². The maximum atomic E-state index is 12.2. The van der Waals surface area contributed by atoms with Gasteiger partial charge in [0.2, 0.25) is 5.91 Å².